The van der Waals surface area contributed by atoms with Crippen molar-refractivity contribution >= 4 is 0 Å². The maximum Gasteiger partial charge on any atom is 0.187 e. The second kappa shape index (κ2) is 15.4. The van der Waals surface area contributed by atoms with Crippen molar-refractivity contribution < 1.29 is 18.3 Å². The van der Waals surface area contributed by atoms with Gasteiger partial charge in [-0.05, 0) is 78.5 Å². The number of halogens is 3. The van der Waals surface area contributed by atoms with Gasteiger partial charge in [0.1, 0.15) is 29.7 Å². The van der Waals surface area contributed by atoms with Crippen LogP contribution in [-0.2, 0) is 13.3 Å². The summed E-state index contributed by atoms with van der Waals surface area (Å²) >= 11 is 0. The predicted octanol–water partition coefficient (Wildman–Crippen LogP) is 8.23. The van der Waals surface area contributed by atoms with E-state index in [1.54, 1.807) is 48.5 Å². The Kier molecular flexibility index (Phi) is 9.98. The molecule has 9 nitrogen and oxygen atoms in total. The molecule has 12 heteroatoms. The van der Waals surface area contributed by atoms with E-state index in [9.17, 15) is 18.3 Å². The highest BCUT2D eigenvalue weighted by Gasteiger charge is 2.20. The van der Waals surface area contributed by atoms with Gasteiger partial charge in [0.2, 0.25) is 0 Å². The van der Waals surface area contributed by atoms with Crippen LogP contribution >= 0.6 is 0 Å². The lowest BCUT2D eigenvalue weighted by Gasteiger charge is -2.13. The van der Waals surface area contributed by atoms with Crippen LogP contribution in [0.3, 0.4) is 0 Å². The fraction of sp³-hybridized carbons (Fsp3) is 0.0500. The molecule has 2 heterocycles. The number of hydrogen-bond donors (Lipinski definition) is 1. The van der Waals surface area contributed by atoms with Gasteiger partial charge in [0.05, 0.1) is 6.61 Å². The third-order valence-corrected chi connectivity index (χ3v) is 8.37. The molecule has 0 atom stereocenters. The fourth-order valence-corrected chi connectivity index (χ4v) is 5.93. The zero-order chi connectivity index (χ0) is 35.9. The zero-order valence-corrected chi connectivity index (χ0v) is 27.4. The number of aliphatic hydroxyl groups is 1. The summed E-state index contributed by atoms with van der Waals surface area (Å²) < 4.78 is 44.7. The second-order valence-electron chi connectivity index (χ2n) is 11.4. The SMILES string of the molecule is FCc1ccccc1-c1ccccc1-c1nnnn1-c1ccccc1F.OCc1ccccc1-c1ccccc1-c1nnnn1-c1ccccc1F. The second-order valence-corrected chi connectivity index (χ2v) is 11.4. The molecule has 0 spiro atoms. The standard InChI is InChI=1S/C20H14F2N4.C20H15FN4O/c21-13-14-7-1-2-8-15(14)16-9-3-4-10-17(16)20-23-24-25-26(20)19-12-6-5-11-18(19)22;21-18-11-5-6-12-19(18)25-20(22-23-24-25)17-10-4-3-9-16(17)15-8-2-1-7-14(15)13-26/h1-12H,13H2;1-12,26H,13H2. The first-order valence-electron chi connectivity index (χ1n) is 16.2. The van der Waals surface area contributed by atoms with Crippen LogP contribution in [0.4, 0.5) is 13.2 Å². The highest BCUT2D eigenvalue weighted by molar-refractivity contribution is 5.83. The van der Waals surface area contributed by atoms with Gasteiger partial charge in [-0.25, -0.2) is 13.2 Å². The fourth-order valence-electron chi connectivity index (χ4n) is 5.93. The van der Waals surface area contributed by atoms with Crippen LogP contribution in [0, 0.1) is 11.6 Å². The molecule has 52 heavy (non-hydrogen) atoms. The van der Waals surface area contributed by atoms with Gasteiger partial charge in [0.25, 0.3) is 0 Å². The smallest absolute Gasteiger partial charge is 0.187 e. The van der Waals surface area contributed by atoms with Gasteiger partial charge in [-0.3, -0.25) is 0 Å². The topological polar surface area (TPSA) is 107 Å². The number of tetrazole rings is 2. The molecule has 0 fully saturated rings. The summed E-state index contributed by atoms with van der Waals surface area (Å²) in [4.78, 5) is 0. The lowest BCUT2D eigenvalue weighted by molar-refractivity contribution is 0.282. The Balaban J connectivity index is 0.000000162. The van der Waals surface area contributed by atoms with Crippen LogP contribution in [0.25, 0.3) is 56.4 Å². The normalized spacial score (nSPS) is 10.8. The monoisotopic (exact) mass is 694 g/mol. The molecule has 0 aliphatic heterocycles. The molecule has 256 valence electrons. The number of benzene rings is 6. The summed E-state index contributed by atoms with van der Waals surface area (Å²) in [6.07, 6.45) is 0. The molecule has 6 aromatic carbocycles. The summed E-state index contributed by atoms with van der Waals surface area (Å²) in [7, 11) is 0. The van der Waals surface area contributed by atoms with E-state index in [0.717, 1.165) is 33.4 Å². The van der Waals surface area contributed by atoms with Crippen LogP contribution in [-0.4, -0.2) is 45.5 Å². The van der Waals surface area contributed by atoms with E-state index >= 15 is 0 Å². The Morgan fingerprint density at radius 3 is 1.25 bits per heavy atom. The largest absolute Gasteiger partial charge is 0.392 e. The molecule has 0 bridgehead atoms. The third-order valence-electron chi connectivity index (χ3n) is 8.37. The van der Waals surface area contributed by atoms with E-state index in [4.69, 9.17) is 0 Å². The number of rotatable bonds is 8. The maximum absolute atomic E-state index is 14.2. The molecule has 8 aromatic rings. The van der Waals surface area contributed by atoms with E-state index in [-0.39, 0.29) is 18.0 Å². The molecule has 0 saturated carbocycles. The van der Waals surface area contributed by atoms with Crippen LogP contribution in [0.2, 0.25) is 0 Å². The molecule has 0 saturated heterocycles. The first-order valence-corrected chi connectivity index (χ1v) is 16.2. The van der Waals surface area contributed by atoms with Crippen LogP contribution in [0.5, 0.6) is 0 Å². The van der Waals surface area contributed by atoms with Gasteiger partial charge in [-0.1, -0.05) is 121 Å². The van der Waals surface area contributed by atoms with Gasteiger partial charge >= 0.3 is 0 Å². The van der Waals surface area contributed by atoms with E-state index in [2.05, 4.69) is 31.1 Å². The highest BCUT2D eigenvalue weighted by Crippen LogP contribution is 2.35. The number of para-hydroxylation sites is 2. The maximum atomic E-state index is 14.2. The lowest BCUT2D eigenvalue weighted by atomic mass is 9.95. The first kappa shape index (κ1) is 33.7. The number of hydrogen-bond acceptors (Lipinski definition) is 7. The van der Waals surface area contributed by atoms with Crippen molar-refractivity contribution in [3.63, 3.8) is 0 Å². The lowest BCUT2D eigenvalue weighted by Crippen LogP contribution is -2.03. The molecular weight excluding hydrogens is 665 g/mol. The van der Waals surface area contributed by atoms with Crippen molar-refractivity contribution in [3.8, 4) is 56.4 Å². The van der Waals surface area contributed by atoms with Gasteiger partial charge in [0, 0.05) is 11.1 Å². The van der Waals surface area contributed by atoms with Crippen molar-refractivity contribution in [1.82, 2.24) is 40.4 Å². The molecule has 1 N–H and O–H groups in total. The highest BCUT2D eigenvalue weighted by atomic mass is 19.1. The average Bonchev–Trinajstić information content (AvgIpc) is 3.89. The quantitative estimate of drug-likeness (QED) is 0.171. The Hall–Kier alpha value is -6.79. The molecule has 2 aromatic heterocycles. The van der Waals surface area contributed by atoms with Gasteiger partial charge in [-0.2, -0.15) is 9.36 Å². The molecular formula is C40H29F3N8O. The van der Waals surface area contributed by atoms with Crippen LogP contribution in [0.15, 0.2) is 146 Å². The van der Waals surface area contributed by atoms with Crippen molar-refractivity contribution in [2.45, 2.75) is 13.3 Å². The minimum absolute atomic E-state index is 0.0806. The average molecular weight is 695 g/mol. The summed E-state index contributed by atoms with van der Waals surface area (Å²) in [6.45, 7) is -0.661. The van der Waals surface area contributed by atoms with Gasteiger partial charge in [-0.15, -0.1) is 10.2 Å². The number of aromatic nitrogens is 8. The van der Waals surface area contributed by atoms with E-state index in [1.807, 2.05) is 84.9 Å². The number of aliphatic hydroxyl groups excluding tert-OH is 1. The molecule has 0 radical (unpaired) electrons. The van der Waals surface area contributed by atoms with Crippen molar-refractivity contribution in [1.29, 1.82) is 0 Å². The Labute approximate surface area is 296 Å². The Morgan fingerprint density at radius 1 is 0.442 bits per heavy atom. The zero-order valence-electron chi connectivity index (χ0n) is 27.4. The Morgan fingerprint density at radius 2 is 0.808 bits per heavy atom. The summed E-state index contributed by atoms with van der Waals surface area (Å²) in [5.74, 6) is -0.0187. The minimum atomic E-state index is -0.581. The first-order chi connectivity index (χ1) is 25.6. The van der Waals surface area contributed by atoms with Crippen molar-refractivity contribution in [2.75, 3.05) is 0 Å². The number of nitrogens with zero attached hydrogens (tertiary/aromatic N) is 8. The number of alkyl halides is 1. The molecule has 8 rings (SSSR count). The van der Waals surface area contributed by atoms with Crippen LogP contribution in [0.1, 0.15) is 11.1 Å². The summed E-state index contributed by atoms with van der Waals surface area (Å²) in [5, 5.41) is 33.2. The van der Waals surface area contributed by atoms with Crippen molar-refractivity contribution in [2.24, 2.45) is 0 Å². The Bertz CT molecular complexity index is 2290. The predicted molar refractivity (Wildman–Crippen MR) is 191 cm³/mol. The molecule has 0 aliphatic carbocycles. The van der Waals surface area contributed by atoms with Gasteiger partial charge in [0.15, 0.2) is 11.6 Å². The summed E-state index contributed by atoms with van der Waals surface area (Å²) in [5.41, 5.74) is 6.64. The molecule has 0 aliphatic rings. The minimum Gasteiger partial charge on any atom is -0.392 e. The van der Waals surface area contributed by atoms with E-state index < -0.39 is 18.3 Å². The van der Waals surface area contributed by atoms with Gasteiger partial charge < -0.3 is 5.11 Å². The summed E-state index contributed by atoms with van der Waals surface area (Å²) in [6, 6.07) is 42.5. The van der Waals surface area contributed by atoms with E-state index in [1.165, 1.54) is 21.5 Å². The van der Waals surface area contributed by atoms with E-state index in [0.29, 0.717) is 22.8 Å². The van der Waals surface area contributed by atoms with Crippen LogP contribution < -0.4 is 0 Å². The molecule has 0 amide bonds. The van der Waals surface area contributed by atoms with Crippen molar-refractivity contribution in [3.05, 3.63) is 168 Å². The third kappa shape index (κ3) is 6.70. The molecule has 0 unspecified atom stereocenters.